The molecule has 6 nitrogen and oxygen atoms in total. The Bertz CT molecular complexity index is 559. The van der Waals surface area contributed by atoms with Crippen molar-refractivity contribution >= 4 is 30.7 Å². The molecule has 1 N–H and O–H groups in total. The van der Waals surface area contributed by atoms with Crippen molar-refractivity contribution in [3.8, 4) is 0 Å². The Balaban J connectivity index is 0.00000144. The molecule has 3 rings (SSSR count). The van der Waals surface area contributed by atoms with Crippen LogP contribution in [0.3, 0.4) is 0 Å². The lowest BCUT2D eigenvalue weighted by molar-refractivity contribution is -0.141. The number of ether oxygens (including phenoxy) is 1. The van der Waals surface area contributed by atoms with Crippen LogP contribution in [-0.2, 0) is 16.1 Å². The molecule has 10 heteroatoms. The van der Waals surface area contributed by atoms with E-state index in [0.29, 0.717) is 26.2 Å². The van der Waals surface area contributed by atoms with Crippen LogP contribution >= 0.6 is 24.8 Å². The predicted octanol–water partition coefficient (Wildman–Crippen LogP) is 1.26. The van der Waals surface area contributed by atoms with E-state index < -0.39 is 24.9 Å². The second kappa shape index (κ2) is 8.42. The molecule has 1 aromatic heterocycles. The molecule has 3 heterocycles. The Hall–Kier alpha value is -0.960. The monoisotopic (exact) mass is 386 g/mol. The van der Waals surface area contributed by atoms with Crippen LogP contribution in [0.1, 0.15) is 12.0 Å². The first-order valence-electron chi connectivity index (χ1n) is 7.44. The number of halogens is 4. The maximum Gasteiger partial charge on any atom is 0.262 e. The van der Waals surface area contributed by atoms with Gasteiger partial charge in [0.25, 0.3) is 5.92 Å². The standard InChI is InChI=1S/C14H20F2N4O2.2ClH/c1-10-5-18-20(6-10)8-11-7-19(2-3-22-11)13(21)12-4-14(15,16)9-17-12;;/h5-6,11-12,17H,2-4,7-9H2,1H3;2*1H. The third-order valence-corrected chi connectivity index (χ3v) is 4.01. The Morgan fingerprint density at radius 1 is 1.50 bits per heavy atom. The molecule has 24 heavy (non-hydrogen) atoms. The molecule has 1 aromatic rings. The summed E-state index contributed by atoms with van der Waals surface area (Å²) in [6.45, 7) is 3.33. The Kier molecular flexibility index (Phi) is 7.40. The third-order valence-electron chi connectivity index (χ3n) is 4.01. The summed E-state index contributed by atoms with van der Waals surface area (Å²) in [4.78, 5) is 14.0. The number of hydrogen-bond acceptors (Lipinski definition) is 4. The van der Waals surface area contributed by atoms with Crippen molar-refractivity contribution < 1.29 is 18.3 Å². The second-order valence-electron chi connectivity index (χ2n) is 6.01. The van der Waals surface area contributed by atoms with Crippen LogP contribution in [0, 0.1) is 6.92 Å². The van der Waals surface area contributed by atoms with Gasteiger partial charge >= 0.3 is 0 Å². The number of carbonyl (C=O) groups excluding carboxylic acids is 1. The molecule has 0 spiro atoms. The highest BCUT2D eigenvalue weighted by atomic mass is 35.5. The van der Waals surface area contributed by atoms with Gasteiger partial charge < -0.3 is 9.64 Å². The molecule has 138 valence electrons. The maximum atomic E-state index is 13.2. The summed E-state index contributed by atoms with van der Waals surface area (Å²) in [5, 5.41) is 6.81. The van der Waals surface area contributed by atoms with Gasteiger partial charge in [0.1, 0.15) is 0 Å². The van der Waals surface area contributed by atoms with Crippen molar-refractivity contribution in [2.45, 2.75) is 38.0 Å². The number of rotatable bonds is 3. The molecule has 1 amide bonds. The summed E-state index contributed by atoms with van der Waals surface area (Å²) < 4.78 is 33.9. The highest BCUT2D eigenvalue weighted by Crippen LogP contribution is 2.26. The van der Waals surface area contributed by atoms with E-state index in [-0.39, 0.29) is 36.8 Å². The maximum absolute atomic E-state index is 13.2. The molecule has 0 aromatic carbocycles. The number of aromatic nitrogens is 2. The number of morpholine rings is 1. The third kappa shape index (κ3) is 5.02. The largest absolute Gasteiger partial charge is 0.373 e. The molecule has 2 fully saturated rings. The zero-order valence-electron chi connectivity index (χ0n) is 13.3. The first-order valence-corrected chi connectivity index (χ1v) is 7.44. The van der Waals surface area contributed by atoms with E-state index in [0.717, 1.165) is 5.56 Å². The second-order valence-corrected chi connectivity index (χ2v) is 6.01. The number of alkyl halides is 2. The van der Waals surface area contributed by atoms with Crippen LogP contribution in [0.4, 0.5) is 8.78 Å². The van der Waals surface area contributed by atoms with Gasteiger partial charge in [-0.2, -0.15) is 5.10 Å². The SMILES string of the molecule is Cc1cnn(CC2CN(C(=O)C3CC(F)(F)CN3)CCO2)c1.Cl.Cl. The van der Waals surface area contributed by atoms with Crippen LogP contribution in [0.5, 0.6) is 0 Å². The number of carbonyl (C=O) groups is 1. The van der Waals surface area contributed by atoms with E-state index >= 15 is 0 Å². The lowest BCUT2D eigenvalue weighted by Gasteiger charge is -2.34. The molecule has 0 saturated carbocycles. The van der Waals surface area contributed by atoms with Crippen LogP contribution in [-0.4, -0.2) is 64.9 Å². The molecular formula is C14H22Cl2F2N4O2. The fourth-order valence-corrected chi connectivity index (χ4v) is 2.92. The van der Waals surface area contributed by atoms with Gasteiger partial charge in [0.2, 0.25) is 5.91 Å². The number of aryl methyl sites for hydroxylation is 1. The summed E-state index contributed by atoms with van der Waals surface area (Å²) in [6, 6.07) is -0.791. The fraction of sp³-hybridized carbons (Fsp3) is 0.714. The van der Waals surface area contributed by atoms with Crippen molar-refractivity contribution in [1.82, 2.24) is 20.0 Å². The predicted molar refractivity (Wildman–Crippen MR) is 89.1 cm³/mol. The molecule has 2 aliphatic rings. The fourth-order valence-electron chi connectivity index (χ4n) is 2.92. The van der Waals surface area contributed by atoms with Gasteiger partial charge in [0, 0.05) is 25.7 Å². The van der Waals surface area contributed by atoms with Crippen molar-refractivity contribution in [2.75, 3.05) is 26.2 Å². The Morgan fingerprint density at radius 2 is 2.25 bits per heavy atom. The first-order chi connectivity index (χ1) is 10.4. The van der Waals surface area contributed by atoms with E-state index in [1.165, 1.54) is 0 Å². The van der Waals surface area contributed by atoms with Crippen LogP contribution < -0.4 is 5.32 Å². The van der Waals surface area contributed by atoms with Crippen molar-refractivity contribution in [3.05, 3.63) is 18.0 Å². The molecule has 0 radical (unpaired) electrons. The van der Waals surface area contributed by atoms with Gasteiger partial charge in [-0.25, -0.2) is 8.78 Å². The van der Waals surface area contributed by atoms with E-state index in [4.69, 9.17) is 4.74 Å². The normalized spacial score (nSPS) is 25.7. The minimum Gasteiger partial charge on any atom is -0.373 e. The van der Waals surface area contributed by atoms with E-state index in [1.54, 1.807) is 15.8 Å². The molecular weight excluding hydrogens is 365 g/mol. The van der Waals surface area contributed by atoms with E-state index in [1.807, 2.05) is 13.1 Å². The smallest absolute Gasteiger partial charge is 0.262 e. The lowest BCUT2D eigenvalue weighted by Crippen LogP contribution is -2.52. The molecule has 2 atom stereocenters. The number of nitrogens with zero attached hydrogens (tertiary/aromatic N) is 3. The van der Waals surface area contributed by atoms with Crippen molar-refractivity contribution in [2.24, 2.45) is 0 Å². The molecule has 2 unspecified atom stereocenters. The van der Waals surface area contributed by atoms with Gasteiger partial charge in [0.15, 0.2) is 0 Å². The average molecular weight is 387 g/mol. The van der Waals surface area contributed by atoms with Crippen LogP contribution in [0.2, 0.25) is 0 Å². The first kappa shape index (κ1) is 21.1. The van der Waals surface area contributed by atoms with Gasteiger partial charge in [-0.1, -0.05) is 0 Å². The lowest BCUT2D eigenvalue weighted by atomic mass is 10.1. The van der Waals surface area contributed by atoms with Gasteiger partial charge in [-0.05, 0) is 12.5 Å². The summed E-state index contributed by atoms with van der Waals surface area (Å²) >= 11 is 0. The van der Waals surface area contributed by atoms with Crippen LogP contribution in [0.25, 0.3) is 0 Å². The summed E-state index contributed by atoms with van der Waals surface area (Å²) in [7, 11) is 0. The minimum atomic E-state index is -2.79. The molecule has 0 bridgehead atoms. The number of amides is 1. The number of nitrogens with one attached hydrogen (secondary N) is 1. The van der Waals surface area contributed by atoms with Gasteiger partial charge in [0.05, 0.1) is 38.0 Å². The Morgan fingerprint density at radius 3 is 2.83 bits per heavy atom. The minimum absolute atomic E-state index is 0. The van der Waals surface area contributed by atoms with Crippen molar-refractivity contribution in [3.63, 3.8) is 0 Å². The van der Waals surface area contributed by atoms with E-state index in [2.05, 4.69) is 10.4 Å². The van der Waals surface area contributed by atoms with Gasteiger partial charge in [-0.3, -0.25) is 14.8 Å². The highest BCUT2D eigenvalue weighted by molar-refractivity contribution is 5.85. The average Bonchev–Trinajstić information content (AvgIpc) is 3.04. The summed E-state index contributed by atoms with van der Waals surface area (Å²) in [6.07, 6.45) is 3.07. The molecule has 2 aliphatic heterocycles. The number of hydrogen-bond donors (Lipinski definition) is 1. The Labute approximate surface area is 151 Å². The van der Waals surface area contributed by atoms with Crippen molar-refractivity contribution in [1.29, 1.82) is 0 Å². The summed E-state index contributed by atoms with van der Waals surface area (Å²) in [5.41, 5.74) is 1.06. The zero-order valence-corrected chi connectivity index (χ0v) is 14.9. The van der Waals surface area contributed by atoms with E-state index in [9.17, 15) is 13.6 Å². The quantitative estimate of drug-likeness (QED) is 0.849. The molecule has 0 aliphatic carbocycles. The highest BCUT2D eigenvalue weighted by Gasteiger charge is 2.44. The molecule has 2 saturated heterocycles. The zero-order chi connectivity index (χ0) is 15.7. The van der Waals surface area contributed by atoms with Gasteiger partial charge in [-0.15, -0.1) is 24.8 Å². The summed E-state index contributed by atoms with van der Waals surface area (Å²) in [5.74, 6) is -3.05. The van der Waals surface area contributed by atoms with Crippen LogP contribution in [0.15, 0.2) is 12.4 Å². The topological polar surface area (TPSA) is 59.4 Å².